The molecule has 0 fully saturated rings. The van der Waals surface area contributed by atoms with Crippen molar-refractivity contribution in [3.63, 3.8) is 0 Å². The Bertz CT molecular complexity index is 769. The summed E-state index contributed by atoms with van der Waals surface area (Å²) < 4.78 is 0. The van der Waals surface area contributed by atoms with Gasteiger partial charge in [-0.15, -0.1) is 11.3 Å². The van der Waals surface area contributed by atoms with Crippen LogP contribution in [0.2, 0.25) is 0 Å². The Balaban J connectivity index is 1.80. The van der Waals surface area contributed by atoms with Crippen molar-refractivity contribution in [2.24, 2.45) is 11.0 Å². The molecule has 0 radical (unpaired) electrons. The molecule has 2 heterocycles. The molecule has 0 saturated heterocycles. The van der Waals surface area contributed by atoms with E-state index in [9.17, 15) is 9.59 Å². The van der Waals surface area contributed by atoms with Crippen LogP contribution >= 0.6 is 11.3 Å². The van der Waals surface area contributed by atoms with E-state index in [1.54, 1.807) is 11.3 Å². The number of anilines is 1. The maximum atomic E-state index is 12.7. The van der Waals surface area contributed by atoms with E-state index in [0.29, 0.717) is 17.8 Å². The molecular formula is C19H21N3O2S. The van der Waals surface area contributed by atoms with Gasteiger partial charge >= 0.3 is 0 Å². The van der Waals surface area contributed by atoms with E-state index >= 15 is 0 Å². The van der Waals surface area contributed by atoms with Gasteiger partial charge in [0, 0.05) is 17.7 Å². The first kappa shape index (κ1) is 17.4. The number of amides is 2. The van der Waals surface area contributed by atoms with Crippen molar-refractivity contribution in [3.8, 4) is 0 Å². The molecule has 1 N–H and O–H groups in total. The molecule has 2 amide bonds. The van der Waals surface area contributed by atoms with Crippen LogP contribution in [-0.2, 0) is 9.59 Å². The Morgan fingerprint density at radius 1 is 1.16 bits per heavy atom. The standard InChI is InChI=1S/C19H21N3O2S/c1-13(2)18(16-9-6-12-25-16)20-19(24)15-10-11-17(23)22(21-15)14-7-4-3-5-8-14/h3-9,12-13,18H,10-11H2,1-2H3,(H,20,24)/t18-/m0/s1. The minimum Gasteiger partial charge on any atom is -0.343 e. The number of hydrazone groups is 1. The van der Waals surface area contributed by atoms with Crippen molar-refractivity contribution in [3.05, 3.63) is 52.7 Å². The fraction of sp³-hybridized carbons (Fsp3) is 0.316. The van der Waals surface area contributed by atoms with Gasteiger partial charge in [-0.3, -0.25) is 9.59 Å². The summed E-state index contributed by atoms with van der Waals surface area (Å²) in [5.74, 6) is -0.0411. The normalized spacial score (nSPS) is 15.9. The first-order valence-corrected chi connectivity index (χ1v) is 9.24. The van der Waals surface area contributed by atoms with Gasteiger partial charge in [-0.25, -0.2) is 5.01 Å². The van der Waals surface area contributed by atoms with Crippen molar-refractivity contribution >= 4 is 34.6 Å². The summed E-state index contributed by atoms with van der Waals surface area (Å²) in [7, 11) is 0. The van der Waals surface area contributed by atoms with Crippen LogP contribution in [0.15, 0.2) is 52.9 Å². The van der Waals surface area contributed by atoms with Gasteiger partial charge in [-0.1, -0.05) is 38.1 Å². The molecule has 1 aromatic carbocycles. The zero-order valence-electron chi connectivity index (χ0n) is 14.3. The van der Waals surface area contributed by atoms with Gasteiger partial charge in [0.15, 0.2) is 0 Å². The van der Waals surface area contributed by atoms with Crippen molar-refractivity contribution in [2.45, 2.75) is 32.7 Å². The Labute approximate surface area is 151 Å². The van der Waals surface area contributed by atoms with Gasteiger partial charge in [0.2, 0.25) is 5.91 Å². The minimum absolute atomic E-state index is 0.0574. The number of carbonyl (C=O) groups excluding carboxylic acids is 2. The van der Waals surface area contributed by atoms with Crippen LogP contribution < -0.4 is 10.3 Å². The number of hydrogen-bond donors (Lipinski definition) is 1. The number of para-hydroxylation sites is 1. The van der Waals surface area contributed by atoms with Crippen LogP contribution in [0.1, 0.15) is 37.6 Å². The van der Waals surface area contributed by atoms with Crippen molar-refractivity contribution in [1.82, 2.24) is 5.32 Å². The summed E-state index contributed by atoms with van der Waals surface area (Å²) >= 11 is 1.63. The van der Waals surface area contributed by atoms with Gasteiger partial charge in [-0.05, 0) is 29.5 Å². The summed E-state index contributed by atoms with van der Waals surface area (Å²) in [6.45, 7) is 4.15. The zero-order valence-corrected chi connectivity index (χ0v) is 15.1. The molecule has 0 aliphatic carbocycles. The highest BCUT2D eigenvalue weighted by atomic mass is 32.1. The molecule has 0 saturated carbocycles. The van der Waals surface area contributed by atoms with Crippen LogP contribution in [0.4, 0.5) is 5.69 Å². The smallest absolute Gasteiger partial charge is 0.268 e. The van der Waals surface area contributed by atoms with E-state index in [-0.39, 0.29) is 30.2 Å². The van der Waals surface area contributed by atoms with Gasteiger partial charge in [-0.2, -0.15) is 5.10 Å². The van der Waals surface area contributed by atoms with Crippen molar-refractivity contribution < 1.29 is 9.59 Å². The van der Waals surface area contributed by atoms with Crippen LogP contribution in [0.5, 0.6) is 0 Å². The van der Waals surface area contributed by atoms with Crippen LogP contribution in [0.3, 0.4) is 0 Å². The number of nitrogens with one attached hydrogen (secondary N) is 1. The lowest BCUT2D eigenvalue weighted by Crippen LogP contribution is -2.41. The highest BCUT2D eigenvalue weighted by molar-refractivity contribution is 7.10. The molecule has 1 aliphatic heterocycles. The second-order valence-corrected chi connectivity index (χ2v) is 7.28. The summed E-state index contributed by atoms with van der Waals surface area (Å²) in [4.78, 5) is 26.0. The number of hydrogen-bond acceptors (Lipinski definition) is 4. The first-order valence-electron chi connectivity index (χ1n) is 8.36. The average molecular weight is 355 g/mol. The average Bonchev–Trinajstić information content (AvgIpc) is 3.14. The number of rotatable bonds is 5. The van der Waals surface area contributed by atoms with E-state index < -0.39 is 0 Å². The van der Waals surface area contributed by atoms with E-state index in [1.807, 2.05) is 47.8 Å². The van der Waals surface area contributed by atoms with E-state index in [0.717, 1.165) is 4.88 Å². The molecule has 1 atom stereocenters. The lowest BCUT2D eigenvalue weighted by molar-refractivity contribution is -0.119. The second-order valence-electron chi connectivity index (χ2n) is 6.30. The molecule has 5 nitrogen and oxygen atoms in total. The van der Waals surface area contributed by atoms with Crippen LogP contribution in [-0.4, -0.2) is 17.5 Å². The Morgan fingerprint density at radius 3 is 2.56 bits per heavy atom. The topological polar surface area (TPSA) is 61.8 Å². The number of carbonyl (C=O) groups is 2. The molecule has 0 bridgehead atoms. The highest BCUT2D eigenvalue weighted by Crippen LogP contribution is 2.26. The fourth-order valence-electron chi connectivity index (χ4n) is 2.75. The molecule has 0 spiro atoms. The number of thiophene rings is 1. The first-order chi connectivity index (χ1) is 12.1. The molecule has 6 heteroatoms. The van der Waals surface area contributed by atoms with Crippen molar-refractivity contribution in [2.75, 3.05) is 5.01 Å². The van der Waals surface area contributed by atoms with Gasteiger partial charge in [0.05, 0.1) is 11.7 Å². The molecule has 2 aromatic rings. The summed E-state index contributed by atoms with van der Waals surface area (Å²) in [6, 6.07) is 13.1. The Kier molecular flexibility index (Phi) is 5.28. The third-order valence-corrected chi connectivity index (χ3v) is 5.05. The second kappa shape index (κ2) is 7.61. The maximum Gasteiger partial charge on any atom is 0.268 e. The molecular weight excluding hydrogens is 334 g/mol. The number of benzene rings is 1. The monoisotopic (exact) mass is 355 g/mol. The van der Waals surface area contributed by atoms with Gasteiger partial charge in [0.25, 0.3) is 5.91 Å². The molecule has 1 aliphatic rings. The van der Waals surface area contributed by atoms with Crippen LogP contribution in [0, 0.1) is 5.92 Å². The van der Waals surface area contributed by atoms with E-state index in [4.69, 9.17) is 0 Å². The molecule has 0 unspecified atom stereocenters. The Morgan fingerprint density at radius 2 is 1.92 bits per heavy atom. The molecule has 130 valence electrons. The fourth-order valence-corrected chi connectivity index (χ4v) is 3.70. The molecule has 1 aromatic heterocycles. The largest absolute Gasteiger partial charge is 0.343 e. The summed E-state index contributed by atoms with van der Waals surface area (Å²) in [6.07, 6.45) is 0.649. The lowest BCUT2D eigenvalue weighted by atomic mass is 10.0. The zero-order chi connectivity index (χ0) is 17.8. The summed E-state index contributed by atoms with van der Waals surface area (Å²) in [5, 5.41) is 10.7. The lowest BCUT2D eigenvalue weighted by Gasteiger charge is -2.25. The SMILES string of the molecule is CC(C)[C@H](NC(=O)C1=NN(c2ccccc2)C(=O)CC1)c1cccs1. The van der Waals surface area contributed by atoms with E-state index in [2.05, 4.69) is 24.3 Å². The maximum absolute atomic E-state index is 12.7. The third-order valence-electron chi connectivity index (χ3n) is 4.10. The van der Waals surface area contributed by atoms with Crippen LogP contribution in [0.25, 0.3) is 0 Å². The third kappa shape index (κ3) is 3.96. The highest BCUT2D eigenvalue weighted by Gasteiger charge is 2.28. The number of nitrogens with zero attached hydrogens (tertiary/aromatic N) is 2. The quantitative estimate of drug-likeness (QED) is 0.888. The minimum atomic E-state index is -0.208. The van der Waals surface area contributed by atoms with Gasteiger partial charge in [0.1, 0.15) is 5.71 Å². The Hall–Kier alpha value is -2.47. The molecule has 3 rings (SSSR count). The van der Waals surface area contributed by atoms with E-state index in [1.165, 1.54) is 5.01 Å². The molecule has 25 heavy (non-hydrogen) atoms. The predicted molar refractivity (Wildman–Crippen MR) is 101 cm³/mol. The predicted octanol–water partition coefficient (Wildman–Crippen LogP) is 3.74. The summed E-state index contributed by atoms with van der Waals surface area (Å²) in [5.41, 5.74) is 1.07. The van der Waals surface area contributed by atoms with Crippen molar-refractivity contribution in [1.29, 1.82) is 0 Å². The van der Waals surface area contributed by atoms with Gasteiger partial charge < -0.3 is 5.32 Å².